The van der Waals surface area contributed by atoms with Crippen molar-refractivity contribution in [3.05, 3.63) is 11.5 Å². The molecule has 7 heteroatoms. The molecule has 1 aliphatic heterocycles. The molecular formula is C5H7F5OS. The van der Waals surface area contributed by atoms with Crippen molar-refractivity contribution < 1.29 is 24.2 Å². The summed E-state index contributed by atoms with van der Waals surface area (Å²) in [6.45, 7) is 0.352. The standard InChI is InChI=1S/C5H7F5OS/c6-12(7,8,9,10)3-1-2-5-4-11-5/h1,3,5H,2,4H2/b3-1+. The van der Waals surface area contributed by atoms with E-state index in [0.29, 0.717) is 12.7 Å². The first-order valence-electron chi connectivity index (χ1n) is 3.09. The Bertz CT molecular complexity index is 211. The summed E-state index contributed by atoms with van der Waals surface area (Å²) in [4.78, 5) is 0. The highest BCUT2D eigenvalue weighted by Crippen LogP contribution is 2.98. The Balaban J connectivity index is 2.53. The van der Waals surface area contributed by atoms with Crippen LogP contribution < -0.4 is 0 Å². The largest absolute Gasteiger partial charge is 0.373 e. The summed E-state index contributed by atoms with van der Waals surface area (Å²) in [5.41, 5.74) is 0. The van der Waals surface area contributed by atoms with Crippen molar-refractivity contribution in [3.63, 3.8) is 0 Å². The van der Waals surface area contributed by atoms with Gasteiger partial charge in [0.05, 0.1) is 18.1 Å². The van der Waals surface area contributed by atoms with Crippen LogP contribution in [0.3, 0.4) is 0 Å². The number of hydrogen-bond acceptors (Lipinski definition) is 1. The third kappa shape index (κ3) is 5.36. The molecule has 74 valence electrons. The molecule has 0 aliphatic carbocycles. The maximum atomic E-state index is 11.6. The smallest absolute Gasteiger partial charge is 0.304 e. The number of ether oxygens (including phenoxy) is 1. The minimum Gasteiger partial charge on any atom is -0.373 e. The van der Waals surface area contributed by atoms with Crippen molar-refractivity contribution in [1.29, 1.82) is 0 Å². The molecule has 1 atom stereocenters. The van der Waals surface area contributed by atoms with E-state index >= 15 is 0 Å². The van der Waals surface area contributed by atoms with Crippen LogP contribution in [0.5, 0.6) is 0 Å². The van der Waals surface area contributed by atoms with Crippen LogP contribution in [-0.4, -0.2) is 12.7 Å². The normalized spacial score (nSPS) is 29.9. The monoisotopic (exact) mass is 210 g/mol. The molecule has 1 fully saturated rings. The molecule has 0 aromatic heterocycles. The van der Waals surface area contributed by atoms with Crippen LogP contribution in [0.2, 0.25) is 0 Å². The van der Waals surface area contributed by atoms with Crippen molar-refractivity contribution in [2.45, 2.75) is 12.5 Å². The first-order chi connectivity index (χ1) is 5.05. The number of epoxide rings is 1. The highest BCUT2D eigenvalue weighted by atomic mass is 32.5. The average Bonchev–Trinajstić information content (AvgIpc) is 2.40. The fourth-order valence-corrected chi connectivity index (χ4v) is 1.07. The summed E-state index contributed by atoms with van der Waals surface area (Å²) >= 11 is 0. The molecule has 0 aromatic carbocycles. The number of hydrogen-bond donors (Lipinski definition) is 0. The van der Waals surface area contributed by atoms with E-state index in [1.54, 1.807) is 0 Å². The van der Waals surface area contributed by atoms with Gasteiger partial charge >= 0.3 is 10.2 Å². The Morgan fingerprint density at radius 3 is 2.08 bits per heavy atom. The second-order valence-electron chi connectivity index (χ2n) is 2.59. The first-order valence-corrected chi connectivity index (χ1v) is 5.10. The third-order valence-corrected chi connectivity index (χ3v) is 1.86. The Labute approximate surface area is 65.9 Å². The summed E-state index contributed by atoms with van der Waals surface area (Å²) in [6.07, 6.45) is 0.00590. The van der Waals surface area contributed by atoms with Gasteiger partial charge in [0.25, 0.3) is 0 Å². The van der Waals surface area contributed by atoms with Gasteiger partial charge in [-0.15, -0.1) is 0 Å². The molecule has 1 unspecified atom stereocenters. The van der Waals surface area contributed by atoms with Crippen LogP contribution in [-0.2, 0) is 4.74 Å². The molecular weight excluding hydrogens is 203 g/mol. The van der Waals surface area contributed by atoms with Gasteiger partial charge in [-0.05, 0) is 6.42 Å². The fraction of sp³-hybridized carbons (Fsp3) is 0.600. The van der Waals surface area contributed by atoms with Crippen LogP contribution in [0.1, 0.15) is 6.42 Å². The van der Waals surface area contributed by atoms with Crippen molar-refractivity contribution in [3.8, 4) is 0 Å². The lowest BCUT2D eigenvalue weighted by molar-refractivity contribution is 0.384. The topological polar surface area (TPSA) is 12.5 Å². The summed E-state index contributed by atoms with van der Waals surface area (Å²) < 4.78 is 62.3. The Hall–Kier alpha value is -0.300. The van der Waals surface area contributed by atoms with Crippen LogP contribution in [0.15, 0.2) is 11.5 Å². The molecule has 0 N–H and O–H groups in total. The number of halogens is 5. The van der Waals surface area contributed by atoms with E-state index in [2.05, 4.69) is 4.74 Å². The average molecular weight is 210 g/mol. The van der Waals surface area contributed by atoms with E-state index in [1.165, 1.54) is 0 Å². The molecule has 0 bridgehead atoms. The lowest BCUT2D eigenvalue weighted by atomic mass is 10.3. The maximum Gasteiger partial charge on any atom is 0.304 e. The molecule has 0 spiro atoms. The van der Waals surface area contributed by atoms with Crippen molar-refractivity contribution in [2.24, 2.45) is 0 Å². The van der Waals surface area contributed by atoms with Gasteiger partial charge in [-0.2, -0.15) is 0 Å². The fourth-order valence-electron chi connectivity index (χ4n) is 0.593. The summed E-state index contributed by atoms with van der Waals surface area (Å²) in [5.74, 6) is 0. The van der Waals surface area contributed by atoms with E-state index in [9.17, 15) is 19.4 Å². The predicted octanol–water partition coefficient (Wildman–Crippen LogP) is 3.59. The molecule has 1 saturated heterocycles. The SMILES string of the molecule is FS(F)(F)(F)(F)/C=C/CC1CO1. The summed E-state index contributed by atoms with van der Waals surface area (Å²) in [6, 6.07) is 0. The molecule has 12 heavy (non-hydrogen) atoms. The molecule has 1 rings (SSSR count). The van der Waals surface area contributed by atoms with Gasteiger partial charge in [0, 0.05) is 0 Å². The van der Waals surface area contributed by atoms with Crippen molar-refractivity contribution in [1.82, 2.24) is 0 Å². The van der Waals surface area contributed by atoms with Gasteiger partial charge in [0.2, 0.25) is 0 Å². The van der Waals surface area contributed by atoms with E-state index in [-0.39, 0.29) is 12.5 Å². The zero-order chi connectivity index (χ0) is 9.52. The second kappa shape index (κ2) is 1.95. The van der Waals surface area contributed by atoms with E-state index in [4.69, 9.17) is 0 Å². The maximum absolute atomic E-state index is 11.6. The number of rotatable bonds is 3. The minimum atomic E-state index is -9.32. The first kappa shape index (κ1) is 9.79. The zero-order valence-electron chi connectivity index (χ0n) is 5.85. The van der Waals surface area contributed by atoms with Crippen molar-refractivity contribution in [2.75, 3.05) is 6.61 Å². The highest BCUT2D eigenvalue weighted by Gasteiger charge is 2.60. The van der Waals surface area contributed by atoms with E-state index < -0.39 is 15.6 Å². The highest BCUT2D eigenvalue weighted by molar-refractivity contribution is 8.48. The molecule has 1 nitrogen and oxygen atoms in total. The van der Waals surface area contributed by atoms with E-state index in [1.807, 2.05) is 0 Å². The van der Waals surface area contributed by atoms with Gasteiger partial charge in [0.15, 0.2) is 0 Å². The van der Waals surface area contributed by atoms with Gasteiger partial charge < -0.3 is 4.74 Å². The molecule has 1 aliphatic rings. The Kier molecular flexibility index (Phi) is 1.59. The molecule has 0 radical (unpaired) electrons. The minimum absolute atomic E-state index is 0.106. The van der Waals surface area contributed by atoms with Crippen molar-refractivity contribution >= 4 is 10.2 Å². The van der Waals surface area contributed by atoms with E-state index in [0.717, 1.165) is 0 Å². The second-order valence-corrected chi connectivity index (χ2v) is 4.92. The molecule has 1 heterocycles. The third-order valence-electron chi connectivity index (χ3n) is 1.15. The van der Waals surface area contributed by atoms with Crippen LogP contribution in [0.25, 0.3) is 0 Å². The van der Waals surface area contributed by atoms with Crippen LogP contribution in [0, 0.1) is 0 Å². The zero-order valence-corrected chi connectivity index (χ0v) is 6.67. The lowest BCUT2D eigenvalue weighted by Gasteiger charge is -2.36. The van der Waals surface area contributed by atoms with Gasteiger partial charge in [-0.1, -0.05) is 25.5 Å². The quantitative estimate of drug-likeness (QED) is 0.512. The molecule has 0 amide bonds. The van der Waals surface area contributed by atoms with Crippen LogP contribution in [0.4, 0.5) is 19.4 Å². The Morgan fingerprint density at radius 2 is 1.75 bits per heavy atom. The molecule has 0 saturated carbocycles. The van der Waals surface area contributed by atoms with Gasteiger partial charge in [-0.25, -0.2) is 0 Å². The summed E-state index contributed by atoms with van der Waals surface area (Å²) in [7, 11) is -9.32. The van der Waals surface area contributed by atoms with Gasteiger partial charge in [-0.3, -0.25) is 0 Å². The predicted molar refractivity (Wildman–Crippen MR) is 36.6 cm³/mol. The Morgan fingerprint density at radius 1 is 1.25 bits per heavy atom. The van der Waals surface area contributed by atoms with Gasteiger partial charge in [0.1, 0.15) is 0 Å². The molecule has 0 aromatic rings. The summed E-state index contributed by atoms with van der Waals surface area (Å²) in [5, 5.41) is -0.929. The van der Waals surface area contributed by atoms with Crippen LogP contribution >= 0.6 is 10.2 Å². The lowest BCUT2D eigenvalue weighted by Crippen LogP contribution is -1.99.